The lowest BCUT2D eigenvalue weighted by Gasteiger charge is -2.06. The summed E-state index contributed by atoms with van der Waals surface area (Å²) in [7, 11) is -3.60. The van der Waals surface area contributed by atoms with Crippen LogP contribution in [-0.2, 0) is 16.6 Å². The number of rotatable bonds is 5. The first kappa shape index (κ1) is 13.4. The molecule has 2 aromatic rings. The Morgan fingerprint density at radius 1 is 1.21 bits per heavy atom. The van der Waals surface area contributed by atoms with E-state index in [2.05, 4.69) is 14.8 Å². The third-order valence-electron chi connectivity index (χ3n) is 2.35. The number of nitrogens with zero attached hydrogens (tertiary/aromatic N) is 3. The van der Waals surface area contributed by atoms with Gasteiger partial charge in [-0.15, -0.1) is 0 Å². The van der Waals surface area contributed by atoms with Gasteiger partial charge in [0.05, 0.1) is 6.54 Å². The molecule has 0 fully saturated rings. The molecule has 100 valence electrons. The van der Waals surface area contributed by atoms with Gasteiger partial charge in [-0.3, -0.25) is 9.78 Å². The van der Waals surface area contributed by atoms with Gasteiger partial charge in [-0.25, -0.2) is 17.8 Å². The van der Waals surface area contributed by atoms with Gasteiger partial charge in [0.15, 0.2) is 0 Å². The van der Waals surface area contributed by atoms with E-state index in [1.54, 1.807) is 0 Å². The van der Waals surface area contributed by atoms with E-state index in [0.717, 1.165) is 0 Å². The van der Waals surface area contributed by atoms with E-state index in [1.807, 2.05) is 0 Å². The molecule has 0 spiro atoms. The minimum Gasteiger partial charge on any atom is -0.268 e. The Bertz CT molecular complexity index is 697. The monoisotopic (exact) mass is 280 g/mol. The average molecular weight is 280 g/mol. The van der Waals surface area contributed by atoms with Crippen LogP contribution in [0.2, 0.25) is 0 Å². The number of nitrogens with one attached hydrogen (secondary N) is 1. The zero-order chi connectivity index (χ0) is 13.7. The number of sulfonamides is 1. The largest absolute Gasteiger partial charge is 0.268 e. The number of aromatic nitrogens is 3. The molecule has 8 heteroatoms. The summed E-state index contributed by atoms with van der Waals surface area (Å²) in [5.41, 5.74) is -0.275. The molecule has 0 aromatic carbocycles. The first-order valence-corrected chi connectivity index (χ1v) is 7.00. The maximum Gasteiger partial charge on any atom is 0.266 e. The van der Waals surface area contributed by atoms with Crippen molar-refractivity contribution in [1.82, 2.24) is 19.5 Å². The summed E-state index contributed by atoms with van der Waals surface area (Å²) in [5.74, 6) is 0. The van der Waals surface area contributed by atoms with Crippen LogP contribution >= 0.6 is 0 Å². The van der Waals surface area contributed by atoms with Crippen LogP contribution in [0.1, 0.15) is 0 Å². The van der Waals surface area contributed by atoms with Crippen LogP contribution in [0.25, 0.3) is 0 Å². The Kier molecular flexibility index (Phi) is 4.03. The zero-order valence-corrected chi connectivity index (χ0v) is 10.7. The van der Waals surface area contributed by atoms with Gasteiger partial charge < -0.3 is 0 Å². The molecule has 0 aliphatic carbocycles. The average Bonchev–Trinajstić information content (AvgIpc) is 2.42. The highest BCUT2D eigenvalue weighted by Crippen LogP contribution is 2.04. The summed E-state index contributed by atoms with van der Waals surface area (Å²) < 4.78 is 27.3. The minimum atomic E-state index is -3.60. The van der Waals surface area contributed by atoms with E-state index in [4.69, 9.17) is 0 Å². The van der Waals surface area contributed by atoms with Crippen molar-refractivity contribution in [3.63, 3.8) is 0 Å². The van der Waals surface area contributed by atoms with Crippen molar-refractivity contribution >= 4 is 10.0 Å². The topological polar surface area (TPSA) is 94.0 Å². The van der Waals surface area contributed by atoms with Gasteiger partial charge in [0.1, 0.15) is 4.90 Å². The Labute approximate surface area is 110 Å². The fourth-order valence-electron chi connectivity index (χ4n) is 1.43. The third kappa shape index (κ3) is 3.46. The Hall–Kier alpha value is -2.06. The molecular weight excluding hydrogens is 268 g/mol. The van der Waals surface area contributed by atoms with E-state index < -0.39 is 10.0 Å². The number of hydrogen-bond donors (Lipinski definition) is 1. The van der Waals surface area contributed by atoms with Crippen molar-refractivity contribution in [3.8, 4) is 0 Å². The molecule has 0 atom stereocenters. The van der Waals surface area contributed by atoms with E-state index in [9.17, 15) is 13.2 Å². The molecule has 2 rings (SSSR count). The second kappa shape index (κ2) is 5.72. The lowest BCUT2D eigenvalue weighted by Crippen LogP contribution is -2.31. The molecule has 0 amide bonds. The predicted octanol–water partition coefficient (Wildman–Crippen LogP) is -0.383. The standard InChI is InChI=1S/C11H12N4O3S/c16-11-4-2-6-13-15(11)8-7-14-19(17,18)10-3-1-5-12-9-10/h1-6,9,14H,7-8H2. The van der Waals surface area contributed by atoms with Crippen LogP contribution in [0.4, 0.5) is 0 Å². The predicted molar refractivity (Wildman–Crippen MR) is 67.9 cm³/mol. The highest BCUT2D eigenvalue weighted by Gasteiger charge is 2.12. The van der Waals surface area contributed by atoms with E-state index in [1.165, 1.54) is 47.5 Å². The lowest BCUT2D eigenvalue weighted by molar-refractivity contribution is 0.547. The summed E-state index contributed by atoms with van der Waals surface area (Å²) in [6, 6.07) is 5.88. The molecule has 7 nitrogen and oxygen atoms in total. The highest BCUT2D eigenvalue weighted by atomic mass is 32.2. The van der Waals surface area contributed by atoms with Crippen molar-refractivity contribution in [2.24, 2.45) is 0 Å². The Morgan fingerprint density at radius 2 is 2.00 bits per heavy atom. The first-order valence-electron chi connectivity index (χ1n) is 5.51. The quantitative estimate of drug-likeness (QED) is 0.805. The van der Waals surface area contributed by atoms with Crippen molar-refractivity contribution in [2.75, 3.05) is 6.54 Å². The van der Waals surface area contributed by atoms with Gasteiger partial charge in [-0.1, -0.05) is 0 Å². The molecule has 1 N–H and O–H groups in total. The van der Waals surface area contributed by atoms with Gasteiger partial charge >= 0.3 is 0 Å². The molecule has 2 aromatic heterocycles. The number of hydrogen-bond acceptors (Lipinski definition) is 5. The fraction of sp³-hybridized carbons (Fsp3) is 0.182. The van der Waals surface area contributed by atoms with Crippen molar-refractivity contribution in [2.45, 2.75) is 11.4 Å². The van der Waals surface area contributed by atoms with Crippen LogP contribution < -0.4 is 10.3 Å². The third-order valence-corrected chi connectivity index (χ3v) is 3.79. The Morgan fingerprint density at radius 3 is 2.68 bits per heavy atom. The smallest absolute Gasteiger partial charge is 0.266 e. The molecule has 0 unspecified atom stereocenters. The highest BCUT2D eigenvalue weighted by molar-refractivity contribution is 7.89. The van der Waals surface area contributed by atoms with Gasteiger partial charge in [0, 0.05) is 31.2 Å². The minimum absolute atomic E-state index is 0.0775. The van der Waals surface area contributed by atoms with E-state index >= 15 is 0 Å². The fourth-order valence-corrected chi connectivity index (χ4v) is 2.41. The van der Waals surface area contributed by atoms with Crippen LogP contribution in [0.5, 0.6) is 0 Å². The van der Waals surface area contributed by atoms with Gasteiger partial charge in [0.25, 0.3) is 5.56 Å². The van der Waals surface area contributed by atoms with E-state index in [0.29, 0.717) is 0 Å². The van der Waals surface area contributed by atoms with Gasteiger partial charge in [0.2, 0.25) is 10.0 Å². The van der Waals surface area contributed by atoms with Crippen LogP contribution in [0, 0.1) is 0 Å². The summed E-state index contributed by atoms with van der Waals surface area (Å²) >= 11 is 0. The van der Waals surface area contributed by atoms with Crippen molar-refractivity contribution in [1.29, 1.82) is 0 Å². The molecule has 0 radical (unpaired) electrons. The maximum absolute atomic E-state index is 11.8. The SMILES string of the molecule is O=c1cccnn1CCNS(=O)(=O)c1cccnc1. The second-order valence-corrected chi connectivity index (χ2v) is 5.44. The molecule has 0 saturated carbocycles. The molecule has 0 aliphatic heterocycles. The summed E-state index contributed by atoms with van der Waals surface area (Å²) in [4.78, 5) is 15.2. The first-order chi connectivity index (χ1) is 9.09. The Balaban J connectivity index is 2.00. The molecule has 0 aliphatic rings. The summed E-state index contributed by atoms with van der Waals surface area (Å²) in [6.07, 6.45) is 4.22. The molecule has 0 saturated heterocycles. The second-order valence-electron chi connectivity index (χ2n) is 3.67. The van der Waals surface area contributed by atoms with E-state index in [-0.39, 0.29) is 23.5 Å². The van der Waals surface area contributed by atoms with Crippen molar-refractivity contribution < 1.29 is 8.42 Å². The van der Waals surface area contributed by atoms with Gasteiger partial charge in [-0.05, 0) is 18.2 Å². The molecule has 2 heterocycles. The molecular formula is C11H12N4O3S. The molecule has 0 bridgehead atoms. The summed E-state index contributed by atoms with van der Waals surface area (Å²) in [5, 5.41) is 3.83. The zero-order valence-electron chi connectivity index (χ0n) is 9.93. The van der Waals surface area contributed by atoms with Crippen LogP contribution in [0.15, 0.2) is 52.5 Å². The lowest BCUT2D eigenvalue weighted by atomic mass is 10.5. The maximum atomic E-state index is 11.8. The van der Waals surface area contributed by atoms with Gasteiger partial charge in [-0.2, -0.15) is 5.10 Å². The molecule has 19 heavy (non-hydrogen) atoms. The van der Waals surface area contributed by atoms with Crippen LogP contribution in [0.3, 0.4) is 0 Å². The van der Waals surface area contributed by atoms with Crippen molar-refractivity contribution in [3.05, 3.63) is 53.2 Å². The summed E-state index contributed by atoms with van der Waals surface area (Å²) in [6.45, 7) is 0.243. The van der Waals surface area contributed by atoms with Crippen LogP contribution in [-0.4, -0.2) is 29.7 Å². The number of pyridine rings is 1. The normalized spacial score (nSPS) is 11.4.